The summed E-state index contributed by atoms with van der Waals surface area (Å²) in [6, 6.07) is 16.2. The van der Waals surface area contributed by atoms with Gasteiger partial charge in [0.2, 0.25) is 0 Å². The van der Waals surface area contributed by atoms with E-state index < -0.39 is 0 Å². The Labute approximate surface area is 183 Å². The molecule has 1 atom stereocenters. The summed E-state index contributed by atoms with van der Waals surface area (Å²) >= 11 is 0. The molecule has 0 spiro atoms. The molecule has 164 valence electrons. The fourth-order valence-corrected chi connectivity index (χ4v) is 4.07. The predicted octanol–water partition coefficient (Wildman–Crippen LogP) is 2.47. The first-order valence-electron chi connectivity index (χ1n) is 10.7. The van der Waals surface area contributed by atoms with Crippen LogP contribution in [0.25, 0.3) is 0 Å². The number of ether oxygens (including phenoxy) is 2. The van der Waals surface area contributed by atoms with Crippen molar-refractivity contribution in [3.05, 3.63) is 65.5 Å². The van der Waals surface area contributed by atoms with Gasteiger partial charge in [-0.2, -0.15) is 0 Å². The smallest absolute Gasteiger partial charge is 0.173 e. The van der Waals surface area contributed by atoms with Crippen LogP contribution in [0, 0.1) is 0 Å². The zero-order valence-corrected chi connectivity index (χ0v) is 18.4. The van der Waals surface area contributed by atoms with Crippen LogP contribution >= 0.6 is 0 Å². The molecule has 1 aliphatic rings. The van der Waals surface area contributed by atoms with Crippen molar-refractivity contribution in [1.29, 1.82) is 0 Å². The average molecular weight is 423 g/mol. The van der Waals surface area contributed by atoms with Gasteiger partial charge in [0.25, 0.3) is 0 Å². The standard InChI is InChI=1S/C23H30N6O2/c1-4-27-13-15-28(16-14-27)22(19-7-11-21(31-3)12-8-19)23-24-25-26-29(23)17-18-5-9-20(30-2)10-6-18/h5-12,22H,4,13-17H2,1-3H3. The highest BCUT2D eigenvalue weighted by Crippen LogP contribution is 2.29. The third kappa shape index (κ3) is 4.86. The molecule has 0 N–H and O–H groups in total. The van der Waals surface area contributed by atoms with Crippen LogP contribution in [0.4, 0.5) is 0 Å². The summed E-state index contributed by atoms with van der Waals surface area (Å²) < 4.78 is 12.5. The average Bonchev–Trinajstić information content (AvgIpc) is 3.28. The minimum absolute atomic E-state index is 0.0156. The van der Waals surface area contributed by atoms with Crippen LogP contribution in [0.3, 0.4) is 0 Å². The van der Waals surface area contributed by atoms with E-state index in [-0.39, 0.29) is 6.04 Å². The van der Waals surface area contributed by atoms with Gasteiger partial charge in [0.15, 0.2) is 5.82 Å². The Morgan fingerprint density at radius 2 is 1.48 bits per heavy atom. The van der Waals surface area contributed by atoms with Gasteiger partial charge in [-0.05, 0) is 52.4 Å². The van der Waals surface area contributed by atoms with Crippen molar-refractivity contribution < 1.29 is 9.47 Å². The number of aromatic nitrogens is 4. The van der Waals surface area contributed by atoms with Gasteiger partial charge in [-0.3, -0.25) is 4.90 Å². The van der Waals surface area contributed by atoms with Gasteiger partial charge in [-0.25, -0.2) is 4.68 Å². The van der Waals surface area contributed by atoms with Gasteiger partial charge < -0.3 is 14.4 Å². The van der Waals surface area contributed by atoms with Crippen molar-refractivity contribution in [1.82, 2.24) is 30.0 Å². The van der Waals surface area contributed by atoms with Crippen LogP contribution in [-0.4, -0.2) is 77.0 Å². The SMILES string of the molecule is CCN1CCN(C(c2ccc(OC)cc2)c2nnnn2Cc2ccc(OC)cc2)CC1. The molecule has 1 fully saturated rings. The Bertz CT molecular complexity index is 949. The van der Waals surface area contributed by atoms with Gasteiger partial charge in [0, 0.05) is 26.2 Å². The summed E-state index contributed by atoms with van der Waals surface area (Å²) in [5.41, 5.74) is 2.29. The molecule has 4 rings (SSSR count). The lowest BCUT2D eigenvalue weighted by atomic mass is 10.0. The van der Waals surface area contributed by atoms with Gasteiger partial charge in [-0.1, -0.05) is 31.2 Å². The second kappa shape index (κ2) is 9.89. The molecular formula is C23H30N6O2. The van der Waals surface area contributed by atoms with Crippen LogP contribution in [0.2, 0.25) is 0 Å². The molecule has 8 heteroatoms. The van der Waals surface area contributed by atoms with Crippen LogP contribution in [0.5, 0.6) is 11.5 Å². The van der Waals surface area contributed by atoms with Gasteiger partial charge in [0.05, 0.1) is 26.8 Å². The highest BCUT2D eigenvalue weighted by Gasteiger charge is 2.30. The molecule has 31 heavy (non-hydrogen) atoms. The summed E-state index contributed by atoms with van der Waals surface area (Å²) in [6.07, 6.45) is 0. The molecule has 8 nitrogen and oxygen atoms in total. The Hall–Kier alpha value is -2.97. The fraction of sp³-hybridized carbons (Fsp3) is 0.435. The van der Waals surface area contributed by atoms with Gasteiger partial charge >= 0.3 is 0 Å². The van der Waals surface area contributed by atoms with E-state index in [9.17, 15) is 0 Å². The minimum Gasteiger partial charge on any atom is -0.497 e. The van der Waals surface area contributed by atoms with E-state index in [0.717, 1.165) is 61.2 Å². The maximum Gasteiger partial charge on any atom is 0.173 e. The number of nitrogens with zero attached hydrogens (tertiary/aromatic N) is 6. The molecule has 1 aliphatic heterocycles. The minimum atomic E-state index is -0.0156. The summed E-state index contributed by atoms with van der Waals surface area (Å²) in [4.78, 5) is 4.95. The number of methoxy groups -OCH3 is 2. The molecule has 2 aromatic carbocycles. The van der Waals surface area contributed by atoms with Crippen molar-refractivity contribution in [2.24, 2.45) is 0 Å². The second-order valence-electron chi connectivity index (χ2n) is 7.69. The van der Waals surface area contributed by atoms with Crippen molar-refractivity contribution in [3.63, 3.8) is 0 Å². The molecule has 3 aromatic rings. The highest BCUT2D eigenvalue weighted by molar-refractivity contribution is 5.32. The molecule has 0 amide bonds. The summed E-state index contributed by atoms with van der Waals surface area (Å²) in [5.74, 6) is 2.53. The lowest BCUT2D eigenvalue weighted by Gasteiger charge is -2.38. The molecule has 1 aromatic heterocycles. The molecule has 0 bridgehead atoms. The number of hydrogen-bond acceptors (Lipinski definition) is 7. The number of hydrogen-bond donors (Lipinski definition) is 0. The lowest BCUT2D eigenvalue weighted by molar-refractivity contribution is 0.108. The summed E-state index contributed by atoms with van der Waals surface area (Å²) in [5, 5.41) is 12.8. The van der Waals surface area contributed by atoms with E-state index >= 15 is 0 Å². The Balaban J connectivity index is 1.64. The Morgan fingerprint density at radius 1 is 0.871 bits per heavy atom. The second-order valence-corrected chi connectivity index (χ2v) is 7.69. The van der Waals surface area contributed by atoms with Crippen LogP contribution in [0.15, 0.2) is 48.5 Å². The molecule has 0 saturated carbocycles. The van der Waals surface area contributed by atoms with E-state index in [4.69, 9.17) is 9.47 Å². The van der Waals surface area contributed by atoms with E-state index in [0.29, 0.717) is 6.54 Å². The molecular weight excluding hydrogens is 392 g/mol. The lowest BCUT2D eigenvalue weighted by Crippen LogP contribution is -2.48. The first kappa shape index (κ1) is 21.3. The molecule has 0 aliphatic carbocycles. The van der Waals surface area contributed by atoms with E-state index in [2.05, 4.69) is 44.4 Å². The Morgan fingerprint density at radius 3 is 2.06 bits per heavy atom. The van der Waals surface area contributed by atoms with E-state index in [1.807, 2.05) is 41.1 Å². The maximum absolute atomic E-state index is 5.36. The molecule has 0 radical (unpaired) electrons. The van der Waals surface area contributed by atoms with Gasteiger partial charge in [0.1, 0.15) is 11.5 Å². The summed E-state index contributed by atoms with van der Waals surface area (Å²) in [7, 11) is 3.36. The molecule has 1 saturated heterocycles. The third-order valence-electron chi connectivity index (χ3n) is 5.95. The van der Waals surface area contributed by atoms with Gasteiger partial charge in [-0.15, -0.1) is 5.10 Å². The zero-order valence-electron chi connectivity index (χ0n) is 18.4. The Kier molecular flexibility index (Phi) is 6.79. The quantitative estimate of drug-likeness (QED) is 0.552. The normalized spacial score (nSPS) is 16.2. The maximum atomic E-state index is 5.36. The molecule has 1 unspecified atom stereocenters. The van der Waals surface area contributed by atoms with E-state index in [1.54, 1.807) is 14.2 Å². The fourth-order valence-electron chi connectivity index (χ4n) is 4.07. The summed E-state index contributed by atoms with van der Waals surface area (Å²) in [6.45, 7) is 7.93. The predicted molar refractivity (Wildman–Crippen MR) is 118 cm³/mol. The number of likely N-dealkylation sites (N-methyl/N-ethyl adjacent to an activating group) is 1. The van der Waals surface area contributed by atoms with Crippen LogP contribution in [0.1, 0.15) is 29.9 Å². The number of rotatable bonds is 8. The van der Waals surface area contributed by atoms with Crippen LogP contribution < -0.4 is 9.47 Å². The van der Waals surface area contributed by atoms with Crippen molar-refractivity contribution in [2.45, 2.75) is 19.5 Å². The monoisotopic (exact) mass is 422 g/mol. The topological polar surface area (TPSA) is 68.5 Å². The zero-order chi connectivity index (χ0) is 21.6. The number of tetrazole rings is 1. The van der Waals surface area contributed by atoms with Crippen molar-refractivity contribution >= 4 is 0 Å². The number of piperazine rings is 1. The van der Waals surface area contributed by atoms with Crippen LogP contribution in [-0.2, 0) is 6.54 Å². The van der Waals surface area contributed by atoms with E-state index in [1.165, 1.54) is 0 Å². The molecule has 2 heterocycles. The van der Waals surface area contributed by atoms with Crippen molar-refractivity contribution in [3.8, 4) is 11.5 Å². The number of benzene rings is 2. The first-order chi connectivity index (χ1) is 15.2. The highest BCUT2D eigenvalue weighted by atomic mass is 16.5. The van der Waals surface area contributed by atoms with Crippen molar-refractivity contribution in [2.75, 3.05) is 46.9 Å². The first-order valence-corrected chi connectivity index (χ1v) is 10.7. The largest absolute Gasteiger partial charge is 0.497 e. The third-order valence-corrected chi connectivity index (χ3v) is 5.95.